The molecule has 3 nitrogen and oxygen atoms in total. The van der Waals surface area contributed by atoms with E-state index in [9.17, 15) is 4.79 Å². The van der Waals surface area contributed by atoms with Crippen LogP contribution in [-0.4, -0.2) is 22.8 Å². The summed E-state index contributed by atoms with van der Waals surface area (Å²) in [7, 11) is 0. The van der Waals surface area contributed by atoms with Crippen molar-refractivity contribution in [1.29, 1.82) is 0 Å². The van der Waals surface area contributed by atoms with Gasteiger partial charge in [-0.25, -0.2) is 0 Å². The number of carboxylic acids is 1. The zero-order valence-electron chi connectivity index (χ0n) is 13.0. The van der Waals surface area contributed by atoms with Crippen LogP contribution >= 0.6 is 0 Å². The summed E-state index contributed by atoms with van der Waals surface area (Å²) in [4.78, 5) is 10.3. The van der Waals surface area contributed by atoms with Gasteiger partial charge in [-0.1, -0.05) is 49.3 Å². The van der Waals surface area contributed by atoms with Gasteiger partial charge in [-0.05, 0) is 44.9 Å². The standard InChI is InChI=1S/C18H30O3/c19-17-15-13-11-9-7-5-3-1-2-4-6-8-10-12-14-16-18(20)21/h2-5,7,9,19H,1,6,8,10-17H2,(H,20,21). The van der Waals surface area contributed by atoms with Gasteiger partial charge in [0.25, 0.3) is 0 Å². The van der Waals surface area contributed by atoms with Crippen molar-refractivity contribution >= 4 is 5.97 Å². The highest BCUT2D eigenvalue weighted by Crippen LogP contribution is 2.06. The molecule has 21 heavy (non-hydrogen) atoms. The molecule has 0 radical (unpaired) electrons. The van der Waals surface area contributed by atoms with Gasteiger partial charge in [0.05, 0.1) is 0 Å². The van der Waals surface area contributed by atoms with Gasteiger partial charge in [0, 0.05) is 13.0 Å². The second-order valence-electron chi connectivity index (χ2n) is 5.13. The summed E-state index contributed by atoms with van der Waals surface area (Å²) < 4.78 is 0. The maximum Gasteiger partial charge on any atom is 0.303 e. The first-order valence-electron chi connectivity index (χ1n) is 8.06. The molecule has 0 aromatic carbocycles. The first-order chi connectivity index (χ1) is 10.3. The van der Waals surface area contributed by atoms with Gasteiger partial charge in [0.2, 0.25) is 0 Å². The largest absolute Gasteiger partial charge is 0.481 e. The van der Waals surface area contributed by atoms with Crippen LogP contribution in [0.2, 0.25) is 0 Å². The fourth-order valence-corrected chi connectivity index (χ4v) is 1.89. The quantitative estimate of drug-likeness (QED) is 0.279. The minimum Gasteiger partial charge on any atom is -0.481 e. The van der Waals surface area contributed by atoms with E-state index in [0.29, 0.717) is 6.42 Å². The summed E-state index contributed by atoms with van der Waals surface area (Å²) in [6.07, 6.45) is 22.1. The van der Waals surface area contributed by atoms with Gasteiger partial charge in [0.15, 0.2) is 0 Å². The van der Waals surface area contributed by atoms with Gasteiger partial charge in [-0.2, -0.15) is 0 Å². The van der Waals surface area contributed by atoms with Crippen molar-refractivity contribution < 1.29 is 15.0 Å². The fraction of sp³-hybridized carbons (Fsp3) is 0.611. The molecule has 0 amide bonds. The summed E-state index contributed by atoms with van der Waals surface area (Å²) >= 11 is 0. The molecule has 0 bridgehead atoms. The molecule has 0 spiro atoms. The second kappa shape index (κ2) is 16.7. The third-order valence-corrected chi connectivity index (χ3v) is 3.11. The maximum atomic E-state index is 10.3. The first-order valence-corrected chi connectivity index (χ1v) is 8.06. The molecule has 0 aromatic rings. The van der Waals surface area contributed by atoms with Gasteiger partial charge >= 0.3 is 5.97 Å². The van der Waals surface area contributed by atoms with Crippen LogP contribution in [0.4, 0.5) is 0 Å². The van der Waals surface area contributed by atoms with Crippen molar-refractivity contribution in [2.75, 3.05) is 6.61 Å². The van der Waals surface area contributed by atoms with E-state index < -0.39 is 5.97 Å². The summed E-state index contributed by atoms with van der Waals surface area (Å²) in [5.74, 6) is -0.691. The van der Waals surface area contributed by atoms with Crippen LogP contribution in [0.25, 0.3) is 0 Å². The van der Waals surface area contributed by atoms with Gasteiger partial charge < -0.3 is 10.2 Å². The van der Waals surface area contributed by atoms with Crippen molar-refractivity contribution in [3.63, 3.8) is 0 Å². The number of aliphatic hydroxyl groups excluding tert-OH is 1. The molecule has 0 saturated carbocycles. The summed E-state index contributed by atoms with van der Waals surface area (Å²) in [5, 5.41) is 17.1. The minimum absolute atomic E-state index is 0.286. The molecule has 0 aromatic heterocycles. The van der Waals surface area contributed by atoms with Crippen molar-refractivity contribution in [3.8, 4) is 0 Å². The highest BCUT2D eigenvalue weighted by Gasteiger charge is 1.95. The lowest BCUT2D eigenvalue weighted by Gasteiger charge is -1.96. The zero-order chi connectivity index (χ0) is 15.6. The third-order valence-electron chi connectivity index (χ3n) is 3.11. The van der Waals surface area contributed by atoms with Crippen molar-refractivity contribution in [3.05, 3.63) is 36.5 Å². The number of aliphatic carboxylic acids is 1. The van der Waals surface area contributed by atoms with Crippen molar-refractivity contribution in [2.24, 2.45) is 0 Å². The second-order valence-corrected chi connectivity index (χ2v) is 5.13. The highest BCUT2D eigenvalue weighted by atomic mass is 16.4. The van der Waals surface area contributed by atoms with Crippen molar-refractivity contribution in [2.45, 2.75) is 64.2 Å². The molecule has 0 aliphatic rings. The molecule has 120 valence electrons. The number of hydrogen-bond donors (Lipinski definition) is 2. The molecule has 0 aliphatic heterocycles. The van der Waals surface area contributed by atoms with Gasteiger partial charge in [-0.15, -0.1) is 0 Å². The van der Waals surface area contributed by atoms with Crippen LogP contribution in [0.5, 0.6) is 0 Å². The Labute approximate surface area is 129 Å². The molecule has 0 rings (SSSR count). The SMILES string of the molecule is O=C(O)CCCCCCC=CCC=CC=CCCCCO. The normalized spacial score (nSPS) is 12.0. The number of aliphatic hydroxyl groups is 1. The van der Waals surface area contributed by atoms with Gasteiger partial charge in [-0.3, -0.25) is 4.79 Å². The molecule has 0 saturated heterocycles. The van der Waals surface area contributed by atoms with E-state index in [-0.39, 0.29) is 6.61 Å². The van der Waals surface area contributed by atoms with Crippen LogP contribution in [0.3, 0.4) is 0 Å². The van der Waals surface area contributed by atoms with Crippen LogP contribution < -0.4 is 0 Å². The Hall–Kier alpha value is -1.35. The molecule has 3 heteroatoms. The molecule has 2 N–H and O–H groups in total. The molecule has 0 atom stereocenters. The highest BCUT2D eigenvalue weighted by molar-refractivity contribution is 5.66. The van der Waals surface area contributed by atoms with E-state index in [2.05, 4.69) is 36.5 Å². The molecule has 0 fully saturated rings. The van der Waals surface area contributed by atoms with Crippen LogP contribution in [0.1, 0.15) is 64.2 Å². The van der Waals surface area contributed by atoms with E-state index in [0.717, 1.165) is 57.8 Å². The van der Waals surface area contributed by atoms with E-state index in [1.165, 1.54) is 0 Å². The van der Waals surface area contributed by atoms with E-state index >= 15 is 0 Å². The third kappa shape index (κ3) is 18.6. The number of unbranched alkanes of at least 4 members (excludes halogenated alkanes) is 6. The predicted molar refractivity (Wildman–Crippen MR) is 88.3 cm³/mol. The molecular weight excluding hydrogens is 264 g/mol. The Bertz CT molecular complexity index is 316. The van der Waals surface area contributed by atoms with E-state index in [4.69, 9.17) is 10.2 Å². The molecule has 0 heterocycles. The number of hydrogen-bond acceptors (Lipinski definition) is 2. The first kappa shape index (κ1) is 19.7. The Morgan fingerprint density at radius 1 is 0.762 bits per heavy atom. The number of carbonyl (C=O) groups is 1. The van der Waals surface area contributed by atoms with E-state index in [1.807, 2.05) is 0 Å². The Morgan fingerprint density at radius 3 is 2.19 bits per heavy atom. The Kier molecular flexibility index (Phi) is 15.6. The summed E-state index contributed by atoms with van der Waals surface area (Å²) in [5.41, 5.74) is 0. The van der Waals surface area contributed by atoms with Crippen LogP contribution in [0.15, 0.2) is 36.5 Å². The maximum absolute atomic E-state index is 10.3. The Morgan fingerprint density at radius 2 is 1.43 bits per heavy atom. The lowest BCUT2D eigenvalue weighted by molar-refractivity contribution is -0.137. The zero-order valence-corrected chi connectivity index (χ0v) is 13.0. The molecule has 0 aliphatic carbocycles. The Balaban J connectivity index is 3.30. The lowest BCUT2D eigenvalue weighted by Crippen LogP contribution is -1.93. The number of rotatable bonds is 14. The number of carboxylic acid groups (broad SMARTS) is 1. The van der Waals surface area contributed by atoms with Crippen molar-refractivity contribution in [1.82, 2.24) is 0 Å². The summed E-state index contributed by atoms with van der Waals surface area (Å²) in [6.45, 7) is 0.286. The average Bonchev–Trinajstić information content (AvgIpc) is 2.46. The van der Waals surface area contributed by atoms with Crippen LogP contribution in [0, 0.1) is 0 Å². The number of allylic oxidation sites excluding steroid dienone is 6. The fourth-order valence-electron chi connectivity index (χ4n) is 1.89. The minimum atomic E-state index is -0.691. The molecule has 0 unspecified atom stereocenters. The lowest BCUT2D eigenvalue weighted by atomic mass is 10.1. The molecular formula is C18H30O3. The van der Waals surface area contributed by atoms with Crippen LogP contribution in [-0.2, 0) is 4.79 Å². The average molecular weight is 294 g/mol. The predicted octanol–water partition coefficient (Wildman–Crippen LogP) is 4.63. The monoisotopic (exact) mass is 294 g/mol. The topological polar surface area (TPSA) is 57.5 Å². The van der Waals surface area contributed by atoms with Gasteiger partial charge in [0.1, 0.15) is 0 Å². The smallest absolute Gasteiger partial charge is 0.303 e. The summed E-state index contributed by atoms with van der Waals surface area (Å²) in [6, 6.07) is 0. The van der Waals surface area contributed by atoms with E-state index in [1.54, 1.807) is 0 Å².